The lowest BCUT2D eigenvalue weighted by molar-refractivity contribution is 0.378. The van der Waals surface area contributed by atoms with Gasteiger partial charge in [-0.25, -0.2) is 4.98 Å². The lowest BCUT2D eigenvalue weighted by atomic mass is 9.83. The Hall–Kier alpha value is -3.90. The van der Waals surface area contributed by atoms with Gasteiger partial charge in [0, 0.05) is 22.6 Å². The molecule has 2 aromatic heterocycles. The number of aryl methyl sites for hydroxylation is 1. The van der Waals surface area contributed by atoms with Crippen LogP contribution in [0.25, 0.3) is 11.1 Å². The van der Waals surface area contributed by atoms with Gasteiger partial charge in [0.15, 0.2) is 5.58 Å². The highest BCUT2D eigenvalue weighted by Crippen LogP contribution is 2.43. The number of benzene rings is 2. The number of ether oxygens (including phenoxy) is 2. The zero-order valence-corrected chi connectivity index (χ0v) is 18.2. The number of oxazole rings is 1. The van der Waals surface area contributed by atoms with E-state index in [1.807, 2.05) is 49.4 Å². The molecule has 2 aromatic carbocycles. The first kappa shape index (κ1) is 20.0. The van der Waals surface area contributed by atoms with E-state index >= 15 is 0 Å². The van der Waals surface area contributed by atoms with Crippen LogP contribution in [0.5, 0.6) is 11.6 Å². The van der Waals surface area contributed by atoms with Gasteiger partial charge in [0.05, 0.1) is 13.0 Å². The second kappa shape index (κ2) is 7.98. The summed E-state index contributed by atoms with van der Waals surface area (Å²) in [6.45, 7) is 1.90. The monoisotopic (exact) mass is 445 g/mol. The number of aromatic nitrogens is 3. The Kier molecular flexibility index (Phi) is 4.99. The quantitative estimate of drug-likeness (QED) is 0.434. The van der Waals surface area contributed by atoms with E-state index in [0.29, 0.717) is 22.4 Å². The fourth-order valence-corrected chi connectivity index (χ4v) is 4.69. The molecule has 3 N–H and O–H groups in total. The highest BCUT2D eigenvalue weighted by molar-refractivity contribution is 7.98. The molecule has 0 saturated heterocycles. The van der Waals surface area contributed by atoms with Gasteiger partial charge in [-0.05, 0) is 30.7 Å². The molecule has 0 amide bonds. The first-order valence-electron chi connectivity index (χ1n) is 9.86. The van der Waals surface area contributed by atoms with Crippen LogP contribution in [0.2, 0.25) is 0 Å². The van der Waals surface area contributed by atoms with Gasteiger partial charge in [0.2, 0.25) is 11.8 Å². The Bertz CT molecular complexity index is 1370. The smallest absolute Gasteiger partial charge is 0.257 e. The van der Waals surface area contributed by atoms with Crippen LogP contribution in [-0.2, 0) is 5.75 Å². The zero-order valence-electron chi connectivity index (χ0n) is 17.4. The van der Waals surface area contributed by atoms with E-state index in [4.69, 9.17) is 19.6 Å². The maximum atomic E-state index is 9.79. The minimum Gasteiger partial charge on any atom is -0.496 e. The number of fused-ring (bicyclic) bond motifs is 2. The molecule has 0 saturated carbocycles. The largest absolute Gasteiger partial charge is 0.496 e. The first-order valence-corrected chi connectivity index (χ1v) is 10.8. The molecule has 0 aliphatic carbocycles. The van der Waals surface area contributed by atoms with Crippen molar-refractivity contribution in [3.63, 3.8) is 0 Å². The predicted octanol–water partition coefficient (Wildman–Crippen LogP) is 4.38. The first-order chi connectivity index (χ1) is 15.6. The summed E-state index contributed by atoms with van der Waals surface area (Å²) < 4.78 is 17.0. The van der Waals surface area contributed by atoms with Crippen LogP contribution in [0, 0.1) is 18.3 Å². The number of nitrogens with one attached hydrogen (secondary N) is 1. The molecule has 0 fully saturated rings. The van der Waals surface area contributed by atoms with Crippen molar-refractivity contribution in [1.29, 1.82) is 5.26 Å². The number of aromatic amines is 1. The molecule has 0 bridgehead atoms. The van der Waals surface area contributed by atoms with Crippen molar-refractivity contribution in [2.75, 3.05) is 7.11 Å². The second-order valence-corrected chi connectivity index (χ2v) is 8.23. The number of methoxy groups -OCH3 is 1. The number of hydrogen-bond donors (Lipinski definition) is 2. The molecule has 1 atom stereocenters. The highest BCUT2D eigenvalue weighted by atomic mass is 32.2. The van der Waals surface area contributed by atoms with Gasteiger partial charge in [-0.15, -0.1) is 5.10 Å². The Morgan fingerprint density at radius 1 is 1.28 bits per heavy atom. The predicted molar refractivity (Wildman–Crippen MR) is 119 cm³/mol. The molecule has 1 aliphatic rings. The normalized spacial score (nSPS) is 15.3. The van der Waals surface area contributed by atoms with E-state index in [0.717, 1.165) is 39.2 Å². The fraction of sp³-hybridized carbons (Fsp3) is 0.174. The summed E-state index contributed by atoms with van der Waals surface area (Å²) in [4.78, 5) is 4.52. The van der Waals surface area contributed by atoms with Crippen molar-refractivity contribution in [2.45, 2.75) is 23.8 Å². The minimum atomic E-state index is -0.388. The van der Waals surface area contributed by atoms with Crippen molar-refractivity contribution < 1.29 is 13.9 Å². The number of allylic oxidation sites excluding steroid dienone is 1. The van der Waals surface area contributed by atoms with Gasteiger partial charge in [0.25, 0.3) is 5.22 Å². The molecule has 8 nitrogen and oxygen atoms in total. The summed E-state index contributed by atoms with van der Waals surface area (Å²) >= 11 is 1.48. The van der Waals surface area contributed by atoms with Crippen LogP contribution >= 0.6 is 11.8 Å². The average Bonchev–Trinajstić information content (AvgIpc) is 3.39. The van der Waals surface area contributed by atoms with Crippen LogP contribution in [-0.4, -0.2) is 22.3 Å². The standard InChI is InChI=1S/C23H19N5O3S/c1-12-19-20(15(10-24)21(25)31-22(19)28-27-12)13-7-8-17(29-2)14(9-13)11-32-23-26-16-5-3-4-6-18(16)30-23/h3-9,20H,11,25H2,1-2H3,(H,27,28)/t20-/m1/s1. The third-order valence-electron chi connectivity index (χ3n) is 5.39. The van der Waals surface area contributed by atoms with E-state index < -0.39 is 0 Å². The maximum absolute atomic E-state index is 9.79. The third kappa shape index (κ3) is 3.35. The molecule has 1 aliphatic heterocycles. The summed E-state index contributed by atoms with van der Waals surface area (Å²) in [6.07, 6.45) is 0. The second-order valence-electron chi connectivity index (χ2n) is 7.30. The molecule has 0 radical (unpaired) electrons. The molecule has 0 spiro atoms. The van der Waals surface area contributed by atoms with Crippen LogP contribution in [0.4, 0.5) is 0 Å². The molecular weight excluding hydrogens is 426 g/mol. The third-order valence-corrected chi connectivity index (χ3v) is 6.27. The Morgan fingerprint density at radius 2 is 2.12 bits per heavy atom. The number of nitriles is 1. The highest BCUT2D eigenvalue weighted by Gasteiger charge is 2.34. The number of rotatable bonds is 5. The van der Waals surface area contributed by atoms with Gasteiger partial charge < -0.3 is 19.6 Å². The van der Waals surface area contributed by atoms with Crippen molar-refractivity contribution in [2.24, 2.45) is 5.73 Å². The summed E-state index contributed by atoms with van der Waals surface area (Å²) in [5, 5.41) is 17.5. The van der Waals surface area contributed by atoms with Gasteiger partial charge in [-0.2, -0.15) is 5.26 Å². The number of nitrogens with zero attached hydrogens (tertiary/aromatic N) is 3. The van der Waals surface area contributed by atoms with Gasteiger partial charge >= 0.3 is 0 Å². The Labute approximate surface area is 188 Å². The number of hydrogen-bond acceptors (Lipinski definition) is 8. The van der Waals surface area contributed by atoms with Gasteiger partial charge in [0.1, 0.15) is 22.9 Å². The zero-order chi connectivity index (χ0) is 22.2. The molecular formula is C23H19N5O3S. The molecule has 160 valence electrons. The van der Waals surface area contributed by atoms with E-state index in [9.17, 15) is 5.26 Å². The number of nitrogens with two attached hydrogens (primary N) is 1. The van der Waals surface area contributed by atoms with E-state index in [-0.39, 0.29) is 11.8 Å². The summed E-state index contributed by atoms with van der Waals surface area (Å²) in [6, 6.07) is 15.7. The van der Waals surface area contributed by atoms with Crippen LogP contribution < -0.4 is 15.2 Å². The Morgan fingerprint density at radius 3 is 2.91 bits per heavy atom. The van der Waals surface area contributed by atoms with Crippen molar-refractivity contribution in [1.82, 2.24) is 15.2 Å². The lowest BCUT2D eigenvalue weighted by Gasteiger charge is -2.24. The molecule has 5 rings (SSSR count). The van der Waals surface area contributed by atoms with Crippen LogP contribution in [0.3, 0.4) is 0 Å². The average molecular weight is 446 g/mol. The fourth-order valence-electron chi connectivity index (χ4n) is 3.88. The topological polar surface area (TPSA) is 123 Å². The molecule has 0 unspecified atom stereocenters. The van der Waals surface area contributed by atoms with Crippen LogP contribution in [0.15, 0.2) is 63.6 Å². The van der Waals surface area contributed by atoms with Crippen molar-refractivity contribution in [3.05, 3.63) is 76.3 Å². The maximum Gasteiger partial charge on any atom is 0.257 e. The van der Waals surface area contributed by atoms with Crippen molar-refractivity contribution in [3.8, 4) is 17.7 Å². The number of para-hydroxylation sites is 2. The molecule has 3 heterocycles. The van der Waals surface area contributed by atoms with Crippen molar-refractivity contribution >= 4 is 22.9 Å². The molecule has 4 aromatic rings. The number of H-pyrrole nitrogens is 1. The van der Waals surface area contributed by atoms with E-state index in [1.165, 1.54) is 11.8 Å². The lowest BCUT2D eigenvalue weighted by Crippen LogP contribution is -2.21. The molecule has 32 heavy (non-hydrogen) atoms. The summed E-state index contributed by atoms with van der Waals surface area (Å²) in [5.41, 5.74) is 11.4. The van der Waals surface area contributed by atoms with Gasteiger partial charge in [-0.1, -0.05) is 36.0 Å². The molecule has 9 heteroatoms. The minimum absolute atomic E-state index is 0.0646. The summed E-state index contributed by atoms with van der Waals surface area (Å²) in [7, 11) is 1.63. The van der Waals surface area contributed by atoms with Gasteiger partial charge in [-0.3, -0.25) is 5.10 Å². The van der Waals surface area contributed by atoms with E-state index in [1.54, 1.807) is 7.11 Å². The summed E-state index contributed by atoms with van der Waals surface area (Å²) in [5.74, 6) is 1.38. The van der Waals surface area contributed by atoms with Crippen LogP contribution in [0.1, 0.15) is 28.3 Å². The number of thioether (sulfide) groups is 1. The Balaban J connectivity index is 1.51. The van der Waals surface area contributed by atoms with E-state index in [2.05, 4.69) is 21.3 Å². The SMILES string of the molecule is COc1ccc([C@@H]2C(C#N)=C(N)Oc3n[nH]c(C)c32)cc1CSc1nc2ccccc2o1.